The van der Waals surface area contributed by atoms with Crippen LogP contribution in [0, 0.1) is 0 Å². The van der Waals surface area contributed by atoms with Crippen LogP contribution in [0.4, 0.5) is 0 Å². The smallest absolute Gasteiger partial charge is 0.345 e. The largest absolute Gasteiger partial charge is 0.477 e. The SMILES string of the molecule is CN1CCN(Cc2ccc(C(=O)O)s2)CC1. The van der Waals surface area contributed by atoms with Gasteiger partial charge in [0.15, 0.2) is 0 Å². The summed E-state index contributed by atoms with van der Waals surface area (Å²) in [5, 5.41) is 8.83. The molecule has 88 valence electrons. The standard InChI is InChI=1S/C11H16N2O2S/c1-12-4-6-13(7-5-12)8-9-2-3-10(16-9)11(14)15/h2-3H,4-8H2,1H3,(H,14,15). The monoisotopic (exact) mass is 240 g/mol. The lowest BCUT2D eigenvalue weighted by Crippen LogP contribution is -2.43. The average Bonchev–Trinajstić information content (AvgIpc) is 2.70. The maximum Gasteiger partial charge on any atom is 0.345 e. The van der Waals surface area contributed by atoms with E-state index in [1.54, 1.807) is 6.07 Å². The Bertz CT molecular complexity index is 370. The van der Waals surface area contributed by atoms with Crippen molar-refractivity contribution in [3.8, 4) is 0 Å². The van der Waals surface area contributed by atoms with Crippen molar-refractivity contribution in [2.75, 3.05) is 33.2 Å². The summed E-state index contributed by atoms with van der Waals surface area (Å²) >= 11 is 1.38. The van der Waals surface area contributed by atoms with E-state index in [-0.39, 0.29) is 0 Å². The highest BCUT2D eigenvalue weighted by molar-refractivity contribution is 7.13. The van der Waals surface area contributed by atoms with Crippen LogP contribution >= 0.6 is 11.3 Å². The minimum Gasteiger partial charge on any atom is -0.477 e. The molecule has 5 heteroatoms. The van der Waals surface area contributed by atoms with Gasteiger partial charge in [0.2, 0.25) is 0 Å². The molecule has 0 radical (unpaired) electrons. The lowest BCUT2D eigenvalue weighted by Gasteiger charge is -2.31. The predicted molar refractivity (Wildman–Crippen MR) is 64.1 cm³/mol. The van der Waals surface area contributed by atoms with Crippen LogP contribution < -0.4 is 0 Å². The van der Waals surface area contributed by atoms with Crippen LogP contribution in [-0.4, -0.2) is 54.1 Å². The van der Waals surface area contributed by atoms with Gasteiger partial charge in [0, 0.05) is 37.6 Å². The van der Waals surface area contributed by atoms with Crippen molar-refractivity contribution in [3.05, 3.63) is 21.9 Å². The van der Waals surface area contributed by atoms with Gasteiger partial charge in [-0.1, -0.05) is 0 Å². The Hall–Kier alpha value is -0.910. The molecule has 1 N–H and O–H groups in total. The number of aromatic carboxylic acids is 1. The fourth-order valence-corrected chi connectivity index (χ4v) is 2.69. The first kappa shape index (κ1) is 11.6. The van der Waals surface area contributed by atoms with Crippen molar-refractivity contribution in [1.29, 1.82) is 0 Å². The minimum atomic E-state index is -0.824. The quantitative estimate of drug-likeness (QED) is 0.862. The van der Waals surface area contributed by atoms with E-state index in [0.29, 0.717) is 4.88 Å². The number of hydrogen-bond donors (Lipinski definition) is 1. The zero-order chi connectivity index (χ0) is 11.5. The maximum absolute atomic E-state index is 10.7. The number of carboxylic acids is 1. The highest BCUT2D eigenvalue weighted by Gasteiger charge is 2.15. The third-order valence-electron chi connectivity index (χ3n) is 2.85. The van der Waals surface area contributed by atoms with Crippen molar-refractivity contribution in [2.24, 2.45) is 0 Å². The van der Waals surface area contributed by atoms with Crippen molar-refractivity contribution in [2.45, 2.75) is 6.54 Å². The molecule has 0 atom stereocenters. The number of piperazine rings is 1. The van der Waals surface area contributed by atoms with E-state index in [2.05, 4.69) is 16.8 Å². The second-order valence-corrected chi connectivity index (χ2v) is 5.32. The van der Waals surface area contributed by atoms with Gasteiger partial charge in [0.25, 0.3) is 0 Å². The van der Waals surface area contributed by atoms with Gasteiger partial charge in [-0.3, -0.25) is 4.90 Å². The first-order valence-corrected chi connectivity index (χ1v) is 6.20. The zero-order valence-corrected chi connectivity index (χ0v) is 10.2. The van der Waals surface area contributed by atoms with Gasteiger partial charge < -0.3 is 10.0 Å². The first-order chi connectivity index (χ1) is 7.65. The van der Waals surface area contributed by atoms with Gasteiger partial charge in [-0.25, -0.2) is 4.79 Å². The molecule has 0 saturated carbocycles. The summed E-state index contributed by atoms with van der Waals surface area (Å²) in [6, 6.07) is 3.62. The van der Waals surface area contributed by atoms with Gasteiger partial charge in [-0.2, -0.15) is 0 Å². The van der Waals surface area contributed by atoms with Crippen LogP contribution in [0.25, 0.3) is 0 Å². The fraction of sp³-hybridized carbons (Fsp3) is 0.545. The van der Waals surface area contributed by atoms with E-state index in [1.807, 2.05) is 6.07 Å². The lowest BCUT2D eigenvalue weighted by molar-refractivity contribution is 0.0702. The summed E-state index contributed by atoms with van der Waals surface area (Å²) in [4.78, 5) is 17.0. The van der Waals surface area contributed by atoms with E-state index in [1.165, 1.54) is 11.3 Å². The minimum absolute atomic E-state index is 0.434. The Morgan fingerprint density at radius 1 is 1.38 bits per heavy atom. The fourth-order valence-electron chi connectivity index (χ4n) is 1.80. The molecule has 1 fully saturated rings. The number of nitrogens with zero attached hydrogens (tertiary/aromatic N) is 2. The van der Waals surface area contributed by atoms with E-state index < -0.39 is 5.97 Å². The third kappa shape index (κ3) is 2.81. The summed E-state index contributed by atoms with van der Waals surface area (Å²) in [6.45, 7) is 5.20. The highest BCUT2D eigenvalue weighted by Crippen LogP contribution is 2.18. The topological polar surface area (TPSA) is 43.8 Å². The van der Waals surface area contributed by atoms with Crippen LogP contribution in [0.5, 0.6) is 0 Å². The molecule has 0 unspecified atom stereocenters. The number of rotatable bonds is 3. The van der Waals surface area contributed by atoms with Crippen LogP contribution in [0.3, 0.4) is 0 Å². The third-order valence-corrected chi connectivity index (χ3v) is 3.91. The molecule has 0 bridgehead atoms. The molecule has 16 heavy (non-hydrogen) atoms. The molecule has 2 rings (SSSR count). The summed E-state index contributed by atoms with van der Waals surface area (Å²) in [6.07, 6.45) is 0. The summed E-state index contributed by atoms with van der Waals surface area (Å²) < 4.78 is 0. The number of likely N-dealkylation sites (N-methyl/N-ethyl adjacent to an activating group) is 1. The van der Waals surface area contributed by atoms with E-state index in [4.69, 9.17) is 5.11 Å². The molecule has 0 amide bonds. The summed E-state index contributed by atoms with van der Waals surface area (Å²) in [7, 11) is 2.13. The van der Waals surface area contributed by atoms with Gasteiger partial charge in [-0.15, -0.1) is 11.3 Å². The van der Waals surface area contributed by atoms with Gasteiger partial charge in [0.1, 0.15) is 4.88 Å². The lowest BCUT2D eigenvalue weighted by atomic mass is 10.3. The molecule has 2 heterocycles. The van der Waals surface area contributed by atoms with Crippen LogP contribution in [-0.2, 0) is 6.54 Å². The van der Waals surface area contributed by atoms with E-state index in [9.17, 15) is 4.79 Å². The summed E-state index contributed by atoms with van der Waals surface area (Å²) in [5.41, 5.74) is 0. The average molecular weight is 240 g/mol. The molecule has 1 aliphatic heterocycles. The van der Waals surface area contributed by atoms with Gasteiger partial charge in [-0.05, 0) is 19.2 Å². The number of thiophene rings is 1. The van der Waals surface area contributed by atoms with Crippen LogP contribution in [0.2, 0.25) is 0 Å². The van der Waals surface area contributed by atoms with Crippen molar-refractivity contribution >= 4 is 17.3 Å². The van der Waals surface area contributed by atoms with E-state index in [0.717, 1.165) is 37.6 Å². The molecule has 1 aliphatic rings. The number of hydrogen-bond acceptors (Lipinski definition) is 4. The molecule has 1 aromatic rings. The molecular weight excluding hydrogens is 224 g/mol. The van der Waals surface area contributed by atoms with Gasteiger partial charge >= 0.3 is 5.97 Å². The van der Waals surface area contributed by atoms with Crippen molar-refractivity contribution in [1.82, 2.24) is 9.80 Å². The molecule has 4 nitrogen and oxygen atoms in total. The van der Waals surface area contributed by atoms with Crippen molar-refractivity contribution in [3.63, 3.8) is 0 Å². The molecule has 1 aromatic heterocycles. The Kier molecular flexibility index (Phi) is 3.58. The molecule has 0 aromatic carbocycles. The van der Waals surface area contributed by atoms with Crippen molar-refractivity contribution < 1.29 is 9.90 Å². The van der Waals surface area contributed by atoms with Crippen LogP contribution in [0.1, 0.15) is 14.5 Å². The predicted octanol–water partition coefficient (Wildman–Crippen LogP) is 1.19. The second kappa shape index (κ2) is 4.95. The first-order valence-electron chi connectivity index (χ1n) is 5.38. The molecule has 0 aliphatic carbocycles. The Morgan fingerprint density at radius 2 is 2.06 bits per heavy atom. The normalized spacial score (nSPS) is 18.8. The molecule has 1 saturated heterocycles. The Morgan fingerprint density at radius 3 is 2.62 bits per heavy atom. The molecule has 0 spiro atoms. The number of carbonyl (C=O) groups is 1. The van der Waals surface area contributed by atoms with Gasteiger partial charge in [0.05, 0.1) is 0 Å². The summed E-state index contributed by atoms with van der Waals surface area (Å²) in [5.74, 6) is -0.824. The van der Waals surface area contributed by atoms with E-state index >= 15 is 0 Å². The molecular formula is C11H16N2O2S. The zero-order valence-electron chi connectivity index (χ0n) is 9.35. The number of carboxylic acid groups (broad SMARTS) is 1. The van der Waals surface area contributed by atoms with Crippen LogP contribution in [0.15, 0.2) is 12.1 Å². The maximum atomic E-state index is 10.7. The second-order valence-electron chi connectivity index (χ2n) is 4.15. The Balaban J connectivity index is 1.91. The Labute approximate surface area is 99.1 Å². The highest BCUT2D eigenvalue weighted by atomic mass is 32.1.